The highest BCUT2D eigenvalue weighted by Crippen LogP contribution is 2.18. The fraction of sp³-hybridized carbons (Fsp3) is 0.857. The monoisotopic (exact) mass is 288 g/mol. The lowest BCUT2D eigenvalue weighted by atomic mass is 10.1. The maximum absolute atomic E-state index is 11.4. The van der Waals surface area contributed by atoms with Gasteiger partial charge in [0.15, 0.2) is 0 Å². The molecule has 0 aromatic carbocycles. The van der Waals surface area contributed by atoms with Crippen LogP contribution in [0.2, 0.25) is 0 Å². The van der Waals surface area contributed by atoms with Crippen LogP contribution in [0.3, 0.4) is 0 Å². The van der Waals surface area contributed by atoms with E-state index >= 15 is 0 Å². The highest BCUT2D eigenvalue weighted by molar-refractivity contribution is 7.88. The Morgan fingerprint density at radius 3 is 2.68 bits per heavy atom. The molecule has 4 nitrogen and oxygen atoms in total. The molecule has 0 bridgehead atoms. The molecule has 112 valence electrons. The van der Waals surface area contributed by atoms with Crippen LogP contribution in [0.5, 0.6) is 0 Å². The van der Waals surface area contributed by atoms with Crippen molar-refractivity contribution in [2.45, 2.75) is 46.1 Å². The van der Waals surface area contributed by atoms with Gasteiger partial charge >= 0.3 is 0 Å². The van der Waals surface area contributed by atoms with Gasteiger partial charge in [0.2, 0.25) is 10.0 Å². The van der Waals surface area contributed by atoms with Crippen LogP contribution in [-0.2, 0) is 10.0 Å². The molecule has 0 aromatic rings. The first kappa shape index (κ1) is 16.7. The zero-order valence-corrected chi connectivity index (χ0v) is 13.5. The molecular formula is C14H28N2O2S. The second-order valence-corrected chi connectivity index (χ2v) is 7.93. The third-order valence-electron chi connectivity index (χ3n) is 3.62. The molecule has 1 saturated heterocycles. The second kappa shape index (κ2) is 7.41. The highest BCUT2D eigenvalue weighted by Gasteiger charge is 2.28. The topological polar surface area (TPSA) is 49.4 Å². The van der Waals surface area contributed by atoms with Gasteiger partial charge in [0, 0.05) is 19.1 Å². The Morgan fingerprint density at radius 2 is 2.16 bits per heavy atom. The first-order chi connectivity index (χ1) is 8.79. The lowest BCUT2D eigenvalue weighted by Gasteiger charge is -2.17. The van der Waals surface area contributed by atoms with Crippen molar-refractivity contribution in [3.63, 3.8) is 0 Å². The quantitative estimate of drug-likeness (QED) is 0.729. The van der Waals surface area contributed by atoms with Gasteiger partial charge < -0.3 is 5.32 Å². The minimum absolute atomic E-state index is 0.459. The SMILES string of the molecule is CC(C)=CCC[C@H](C)NC[C@@H]1CCN(S(C)(=O)=O)C1. The van der Waals surface area contributed by atoms with Gasteiger partial charge in [0.1, 0.15) is 0 Å². The van der Waals surface area contributed by atoms with E-state index < -0.39 is 10.0 Å². The molecule has 19 heavy (non-hydrogen) atoms. The number of allylic oxidation sites excluding steroid dienone is 2. The van der Waals surface area contributed by atoms with Crippen molar-refractivity contribution in [3.05, 3.63) is 11.6 Å². The van der Waals surface area contributed by atoms with E-state index in [9.17, 15) is 8.42 Å². The lowest BCUT2D eigenvalue weighted by Crippen LogP contribution is -2.33. The molecule has 1 aliphatic rings. The summed E-state index contributed by atoms with van der Waals surface area (Å²) in [5.41, 5.74) is 1.37. The van der Waals surface area contributed by atoms with Crippen LogP contribution in [0.1, 0.15) is 40.0 Å². The van der Waals surface area contributed by atoms with Gasteiger partial charge in [-0.2, -0.15) is 0 Å². The average Bonchev–Trinajstić information content (AvgIpc) is 2.74. The number of sulfonamides is 1. The summed E-state index contributed by atoms with van der Waals surface area (Å²) in [5, 5.41) is 3.52. The Kier molecular flexibility index (Phi) is 6.50. The average molecular weight is 288 g/mol. The van der Waals surface area contributed by atoms with E-state index in [2.05, 4.69) is 32.2 Å². The van der Waals surface area contributed by atoms with Crippen LogP contribution >= 0.6 is 0 Å². The Morgan fingerprint density at radius 1 is 1.47 bits per heavy atom. The Labute approximate surface area is 118 Å². The van der Waals surface area contributed by atoms with Crippen molar-refractivity contribution < 1.29 is 8.42 Å². The van der Waals surface area contributed by atoms with Crippen LogP contribution < -0.4 is 5.32 Å². The third kappa shape index (κ3) is 6.54. The van der Waals surface area contributed by atoms with Gasteiger partial charge in [0.25, 0.3) is 0 Å². The summed E-state index contributed by atoms with van der Waals surface area (Å²) in [4.78, 5) is 0. The Hall–Kier alpha value is -0.390. The summed E-state index contributed by atoms with van der Waals surface area (Å²) in [6.45, 7) is 8.71. The Balaban J connectivity index is 2.22. The van der Waals surface area contributed by atoms with Crippen LogP contribution in [0.25, 0.3) is 0 Å². The van der Waals surface area contributed by atoms with Crippen molar-refractivity contribution in [2.24, 2.45) is 5.92 Å². The summed E-state index contributed by atoms with van der Waals surface area (Å²) in [7, 11) is -3.00. The molecule has 0 radical (unpaired) electrons. The van der Waals surface area contributed by atoms with E-state index in [1.165, 1.54) is 11.8 Å². The number of nitrogens with zero attached hydrogens (tertiary/aromatic N) is 1. The molecule has 5 heteroatoms. The third-order valence-corrected chi connectivity index (χ3v) is 4.89. The summed E-state index contributed by atoms with van der Waals surface area (Å²) in [6, 6.07) is 0.489. The molecule has 0 spiro atoms. The largest absolute Gasteiger partial charge is 0.314 e. The summed E-state index contributed by atoms with van der Waals surface area (Å²) in [5.74, 6) is 0.459. The zero-order chi connectivity index (χ0) is 14.5. The van der Waals surface area contributed by atoms with E-state index in [0.717, 1.165) is 25.8 Å². The normalized spacial score (nSPS) is 22.4. The van der Waals surface area contributed by atoms with Crippen LogP contribution in [0, 0.1) is 5.92 Å². The van der Waals surface area contributed by atoms with Gasteiger partial charge in [0.05, 0.1) is 6.26 Å². The van der Waals surface area contributed by atoms with Gasteiger partial charge in [-0.15, -0.1) is 0 Å². The molecule has 0 unspecified atom stereocenters. The molecule has 2 atom stereocenters. The fourth-order valence-electron chi connectivity index (χ4n) is 2.36. The minimum atomic E-state index is -3.00. The second-order valence-electron chi connectivity index (χ2n) is 5.94. The number of hydrogen-bond donors (Lipinski definition) is 1. The lowest BCUT2D eigenvalue weighted by molar-refractivity contribution is 0.421. The number of nitrogens with one attached hydrogen (secondary N) is 1. The predicted octanol–water partition coefficient (Wildman–Crippen LogP) is 1.99. The Bertz CT molecular complexity index is 400. The first-order valence-electron chi connectivity index (χ1n) is 7.11. The van der Waals surface area contributed by atoms with Crippen molar-refractivity contribution >= 4 is 10.0 Å². The molecule has 0 aromatic heterocycles. The van der Waals surface area contributed by atoms with Gasteiger partial charge in [-0.05, 0) is 52.5 Å². The minimum Gasteiger partial charge on any atom is -0.314 e. The van der Waals surface area contributed by atoms with Gasteiger partial charge in [-0.1, -0.05) is 11.6 Å². The molecule has 0 saturated carbocycles. The van der Waals surface area contributed by atoms with Gasteiger partial charge in [-0.25, -0.2) is 12.7 Å². The summed E-state index contributed by atoms with van der Waals surface area (Å²) in [6.07, 6.45) is 6.77. The molecule has 1 heterocycles. The summed E-state index contributed by atoms with van der Waals surface area (Å²) >= 11 is 0. The van der Waals surface area contributed by atoms with E-state index in [0.29, 0.717) is 25.0 Å². The number of rotatable bonds is 7. The molecular weight excluding hydrogens is 260 g/mol. The number of hydrogen-bond acceptors (Lipinski definition) is 3. The van der Waals surface area contributed by atoms with Crippen molar-refractivity contribution in [1.29, 1.82) is 0 Å². The van der Waals surface area contributed by atoms with E-state index in [1.807, 2.05) is 0 Å². The van der Waals surface area contributed by atoms with Crippen molar-refractivity contribution in [2.75, 3.05) is 25.9 Å². The van der Waals surface area contributed by atoms with Crippen molar-refractivity contribution in [3.8, 4) is 0 Å². The molecule has 1 aliphatic heterocycles. The van der Waals surface area contributed by atoms with Crippen molar-refractivity contribution in [1.82, 2.24) is 9.62 Å². The maximum atomic E-state index is 11.4. The molecule has 1 N–H and O–H groups in total. The van der Waals surface area contributed by atoms with Crippen LogP contribution in [-0.4, -0.2) is 44.7 Å². The van der Waals surface area contributed by atoms with Crippen LogP contribution in [0.4, 0.5) is 0 Å². The van der Waals surface area contributed by atoms with E-state index in [1.54, 1.807) is 4.31 Å². The first-order valence-corrected chi connectivity index (χ1v) is 8.95. The predicted molar refractivity (Wildman–Crippen MR) is 80.7 cm³/mol. The van der Waals surface area contributed by atoms with Gasteiger partial charge in [-0.3, -0.25) is 0 Å². The smallest absolute Gasteiger partial charge is 0.211 e. The summed E-state index contributed by atoms with van der Waals surface area (Å²) < 4.78 is 24.4. The standard InChI is InChI=1S/C14H28N2O2S/c1-12(2)6-5-7-13(3)15-10-14-8-9-16(11-14)19(4,17)18/h6,13-15H,5,7-11H2,1-4H3/t13-,14-/m0/s1. The molecule has 1 rings (SSSR count). The zero-order valence-electron chi connectivity index (χ0n) is 12.6. The maximum Gasteiger partial charge on any atom is 0.211 e. The molecule has 0 aliphatic carbocycles. The molecule has 0 amide bonds. The van der Waals surface area contributed by atoms with Crippen LogP contribution in [0.15, 0.2) is 11.6 Å². The van der Waals surface area contributed by atoms with E-state index in [-0.39, 0.29) is 0 Å². The highest BCUT2D eigenvalue weighted by atomic mass is 32.2. The fourth-order valence-corrected chi connectivity index (χ4v) is 3.28. The van der Waals surface area contributed by atoms with E-state index in [4.69, 9.17) is 0 Å². The molecule has 1 fully saturated rings.